The number of hydrogen-bond donors (Lipinski definition) is 0. The molecule has 0 spiro atoms. The minimum absolute atomic E-state index is 0.162. The molecule has 1 atom stereocenters. The van der Waals surface area contributed by atoms with Crippen molar-refractivity contribution >= 4 is 10.0 Å². The van der Waals surface area contributed by atoms with Crippen LogP contribution in [0.5, 0.6) is 0 Å². The van der Waals surface area contributed by atoms with Crippen LogP contribution in [-0.4, -0.2) is 38.5 Å². The summed E-state index contributed by atoms with van der Waals surface area (Å²) in [7, 11) is -3.54. The van der Waals surface area contributed by atoms with Gasteiger partial charge in [-0.2, -0.15) is 9.57 Å². The first-order chi connectivity index (χ1) is 8.55. The van der Waals surface area contributed by atoms with Gasteiger partial charge in [0.1, 0.15) is 0 Å². The van der Waals surface area contributed by atoms with E-state index in [9.17, 15) is 8.42 Å². The summed E-state index contributed by atoms with van der Waals surface area (Å²) in [5, 5.41) is 8.81. The van der Waals surface area contributed by atoms with E-state index in [1.807, 2.05) is 13.0 Å². The van der Waals surface area contributed by atoms with Crippen molar-refractivity contribution < 1.29 is 13.2 Å². The summed E-state index contributed by atoms with van der Waals surface area (Å²) < 4.78 is 31.5. The van der Waals surface area contributed by atoms with Gasteiger partial charge in [-0.15, -0.1) is 0 Å². The maximum absolute atomic E-state index is 12.4. The van der Waals surface area contributed by atoms with E-state index in [0.29, 0.717) is 25.3 Å². The molecule has 1 heterocycles. The third-order valence-electron chi connectivity index (χ3n) is 2.88. The third kappa shape index (κ3) is 2.38. The molecule has 0 aliphatic carbocycles. The molecule has 1 aromatic carbocycles. The number of ether oxygens (including phenoxy) is 1. The first-order valence-corrected chi connectivity index (χ1v) is 7.09. The number of nitrogens with zero attached hydrogens (tertiary/aromatic N) is 2. The van der Waals surface area contributed by atoms with E-state index in [-0.39, 0.29) is 10.9 Å². The number of nitriles is 1. The van der Waals surface area contributed by atoms with Gasteiger partial charge in [-0.3, -0.25) is 0 Å². The lowest BCUT2D eigenvalue weighted by Gasteiger charge is -2.32. The Balaban J connectivity index is 2.38. The van der Waals surface area contributed by atoms with Crippen molar-refractivity contribution in [3.8, 4) is 6.07 Å². The Labute approximate surface area is 107 Å². The predicted octanol–water partition coefficient (Wildman–Crippen LogP) is 0.968. The summed E-state index contributed by atoms with van der Waals surface area (Å²) in [5.41, 5.74) is 0.344. The largest absolute Gasteiger partial charge is 0.378 e. The lowest BCUT2D eigenvalue weighted by Crippen LogP contribution is -2.46. The van der Waals surface area contributed by atoms with Crippen LogP contribution >= 0.6 is 0 Å². The van der Waals surface area contributed by atoms with Crippen LogP contribution in [-0.2, 0) is 14.8 Å². The van der Waals surface area contributed by atoms with Crippen molar-refractivity contribution in [2.75, 3.05) is 19.8 Å². The van der Waals surface area contributed by atoms with Gasteiger partial charge in [-0.05, 0) is 25.1 Å². The smallest absolute Gasteiger partial charge is 0.243 e. The summed E-state index contributed by atoms with van der Waals surface area (Å²) in [4.78, 5) is 0.162. The molecule has 6 heteroatoms. The van der Waals surface area contributed by atoms with E-state index in [0.717, 1.165) is 0 Å². The minimum atomic E-state index is -3.54. The van der Waals surface area contributed by atoms with Crippen LogP contribution < -0.4 is 0 Å². The zero-order valence-corrected chi connectivity index (χ0v) is 10.9. The summed E-state index contributed by atoms with van der Waals surface area (Å²) >= 11 is 0. The molecule has 1 aliphatic rings. The second-order valence-electron chi connectivity index (χ2n) is 4.18. The highest BCUT2D eigenvalue weighted by atomic mass is 32.2. The molecule has 96 valence electrons. The summed E-state index contributed by atoms with van der Waals surface area (Å²) in [6.07, 6.45) is 0. The molecule has 0 bridgehead atoms. The maximum Gasteiger partial charge on any atom is 0.243 e. The highest BCUT2D eigenvalue weighted by molar-refractivity contribution is 7.89. The molecule has 0 aromatic heterocycles. The Morgan fingerprint density at radius 3 is 2.94 bits per heavy atom. The van der Waals surface area contributed by atoms with Gasteiger partial charge in [-0.25, -0.2) is 8.42 Å². The third-order valence-corrected chi connectivity index (χ3v) is 4.89. The van der Waals surface area contributed by atoms with Gasteiger partial charge < -0.3 is 4.74 Å². The Morgan fingerprint density at radius 2 is 2.28 bits per heavy atom. The molecule has 2 rings (SSSR count). The second-order valence-corrected chi connectivity index (χ2v) is 6.07. The van der Waals surface area contributed by atoms with Crippen LogP contribution in [0.4, 0.5) is 0 Å². The summed E-state index contributed by atoms with van der Waals surface area (Å²) in [5.74, 6) is 0. The highest BCUT2D eigenvalue weighted by Crippen LogP contribution is 2.21. The Kier molecular flexibility index (Phi) is 3.66. The molecule has 18 heavy (non-hydrogen) atoms. The Bertz CT molecular complexity index is 577. The minimum Gasteiger partial charge on any atom is -0.378 e. The standard InChI is InChI=1S/C12H14N2O3S/c1-10-9-17-6-5-14(10)18(15,16)12-4-2-3-11(7-12)8-13/h2-4,7,10H,5-6,9H2,1H3. The lowest BCUT2D eigenvalue weighted by atomic mass is 10.2. The zero-order valence-electron chi connectivity index (χ0n) is 10.0. The van der Waals surface area contributed by atoms with E-state index in [4.69, 9.17) is 10.00 Å². The first-order valence-electron chi connectivity index (χ1n) is 5.65. The molecule has 1 aliphatic heterocycles. The van der Waals surface area contributed by atoms with E-state index in [1.54, 1.807) is 12.1 Å². The zero-order chi connectivity index (χ0) is 13.2. The summed E-state index contributed by atoms with van der Waals surface area (Å²) in [6, 6.07) is 7.84. The lowest BCUT2D eigenvalue weighted by molar-refractivity contribution is 0.0393. The van der Waals surface area contributed by atoms with Crippen LogP contribution in [0.2, 0.25) is 0 Å². The van der Waals surface area contributed by atoms with Crippen molar-refractivity contribution in [1.82, 2.24) is 4.31 Å². The van der Waals surface area contributed by atoms with Crippen LogP contribution in [0.3, 0.4) is 0 Å². The molecule has 1 saturated heterocycles. The molecular formula is C12H14N2O3S. The van der Waals surface area contributed by atoms with Gasteiger partial charge in [0.05, 0.1) is 29.7 Å². The van der Waals surface area contributed by atoms with Crippen molar-refractivity contribution in [3.05, 3.63) is 29.8 Å². The van der Waals surface area contributed by atoms with Crippen molar-refractivity contribution in [2.45, 2.75) is 17.9 Å². The molecule has 0 N–H and O–H groups in total. The number of morpholine rings is 1. The fourth-order valence-electron chi connectivity index (χ4n) is 1.93. The van der Waals surface area contributed by atoms with Crippen LogP contribution in [0, 0.1) is 11.3 Å². The van der Waals surface area contributed by atoms with Crippen LogP contribution in [0.25, 0.3) is 0 Å². The van der Waals surface area contributed by atoms with Crippen molar-refractivity contribution in [1.29, 1.82) is 5.26 Å². The number of sulfonamides is 1. The van der Waals surface area contributed by atoms with Gasteiger partial charge in [0.15, 0.2) is 0 Å². The molecule has 1 fully saturated rings. The number of rotatable bonds is 2. The quantitative estimate of drug-likeness (QED) is 0.799. The Morgan fingerprint density at radius 1 is 1.50 bits per heavy atom. The molecule has 1 unspecified atom stereocenters. The van der Waals surface area contributed by atoms with Gasteiger partial charge >= 0.3 is 0 Å². The molecule has 5 nitrogen and oxygen atoms in total. The molecule has 0 amide bonds. The fraction of sp³-hybridized carbons (Fsp3) is 0.417. The highest BCUT2D eigenvalue weighted by Gasteiger charge is 2.31. The maximum atomic E-state index is 12.4. The van der Waals surface area contributed by atoms with E-state index in [1.165, 1.54) is 16.4 Å². The second kappa shape index (κ2) is 5.06. The van der Waals surface area contributed by atoms with Gasteiger partial charge in [0, 0.05) is 12.6 Å². The summed E-state index contributed by atoms with van der Waals surface area (Å²) in [6.45, 7) is 2.96. The monoisotopic (exact) mass is 266 g/mol. The Hall–Kier alpha value is -1.42. The van der Waals surface area contributed by atoms with Crippen LogP contribution in [0.1, 0.15) is 12.5 Å². The first kappa shape index (κ1) is 13.0. The van der Waals surface area contributed by atoms with E-state index < -0.39 is 10.0 Å². The molecular weight excluding hydrogens is 252 g/mol. The van der Waals surface area contributed by atoms with Crippen molar-refractivity contribution in [3.63, 3.8) is 0 Å². The van der Waals surface area contributed by atoms with Crippen molar-refractivity contribution in [2.24, 2.45) is 0 Å². The predicted molar refractivity (Wildman–Crippen MR) is 65.3 cm³/mol. The average Bonchev–Trinajstić information content (AvgIpc) is 2.39. The van der Waals surface area contributed by atoms with Gasteiger partial charge in [-0.1, -0.05) is 6.07 Å². The number of benzene rings is 1. The molecule has 0 radical (unpaired) electrons. The number of hydrogen-bond acceptors (Lipinski definition) is 4. The van der Waals surface area contributed by atoms with Crippen LogP contribution in [0.15, 0.2) is 29.2 Å². The van der Waals surface area contributed by atoms with E-state index >= 15 is 0 Å². The SMILES string of the molecule is CC1COCCN1S(=O)(=O)c1cccc(C#N)c1. The van der Waals surface area contributed by atoms with Gasteiger partial charge in [0.25, 0.3) is 0 Å². The normalized spacial score (nSPS) is 21.4. The topological polar surface area (TPSA) is 70.4 Å². The average molecular weight is 266 g/mol. The molecule has 1 aromatic rings. The molecule has 0 saturated carbocycles. The van der Waals surface area contributed by atoms with Gasteiger partial charge in [0.2, 0.25) is 10.0 Å². The van der Waals surface area contributed by atoms with E-state index in [2.05, 4.69) is 0 Å². The fourth-order valence-corrected chi connectivity index (χ4v) is 3.58.